The lowest BCUT2D eigenvalue weighted by Gasteiger charge is -2.09. The van der Waals surface area contributed by atoms with Gasteiger partial charge in [-0.2, -0.15) is 0 Å². The molecule has 1 aliphatic rings. The first kappa shape index (κ1) is 14.1. The molecule has 7 heteroatoms. The molecular weight excluding hydrogens is 270 g/mol. The van der Waals surface area contributed by atoms with Crippen LogP contribution < -0.4 is 14.2 Å². The summed E-state index contributed by atoms with van der Waals surface area (Å²) in [7, 11) is -3.55. The topological polar surface area (TPSA) is 73.9 Å². The van der Waals surface area contributed by atoms with E-state index in [0.717, 1.165) is 0 Å². The number of nitrogens with one attached hydrogen (secondary N) is 1. The van der Waals surface area contributed by atoms with Gasteiger partial charge >= 0.3 is 0 Å². The molecule has 0 fully saturated rings. The third-order valence-corrected chi connectivity index (χ3v) is 3.96. The van der Waals surface area contributed by atoms with Crippen LogP contribution in [0, 0.1) is 0 Å². The smallest absolute Gasteiger partial charge is 0.240 e. The Labute approximate surface area is 112 Å². The van der Waals surface area contributed by atoms with Crippen molar-refractivity contribution in [3.8, 4) is 11.5 Å². The van der Waals surface area contributed by atoms with E-state index in [4.69, 9.17) is 14.2 Å². The van der Waals surface area contributed by atoms with Crippen LogP contribution in [-0.2, 0) is 14.8 Å². The number of sulfonamides is 1. The maximum atomic E-state index is 12.0. The van der Waals surface area contributed by atoms with Gasteiger partial charge in [0.05, 0.1) is 17.6 Å². The molecule has 0 aliphatic carbocycles. The number of ether oxygens (including phenoxy) is 3. The highest BCUT2D eigenvalue weighted by Crippen LogP contribution is 2.33. The summed E-state index contributed by atoms with van der Waals surface area (Å²) in [6.45, 7) is 4.48. The van der Waals surface area contributed by atoms with Crippen LogP contribution in [0.25, 0.3) is 0 Å². The zero-order chi connectivity index (χ0) is 13.9. The molecular formula is C12H17NO5S. The molecule has 1 aromatic carbocycles. The van der Waals surface area contributed by atoms with E-state index in [1.54, 1.807) is 6.07 Å². The van der Waals surface area contributed by atoms with Crippen molar-refractivity contribution in [3.05, 3.63) is 18.2 Å². The van der Waals surface area contributed by atoms with Gasteiger partial charge in [-0.05, 0) is 26.0 Å². The van der Waals surface area contributed by atoms with Crippen LogP contribution in [-0.4, -0.2) is 34.5 Å². The Morgan fingerprint density at radius 2 is 2.05 bits per heavy atom. The summed E-state index contributed by atoms with van der Waals surface area (Å²) in [5, 5.41) is 0. The summed E-state index contributed by atoms with van der Waals surface area (Å²) >= 11 is 0. The SMILES string of the molecule is CC(C)OCCNS(=O)(=O)c1ccc2c(c1)OCO2. The highest BCUT2D eigenvalue weighted by molar-refractivity contribution is 7.89. The van der Waals surface area contributed by atoms with E-state index >= 15 is 0 Å². The molecule has 0 saturated carbocycles. The van der Waals surface area contributed by atoms with Crippen molar-refractivity contribution in [1.82, 2.24) is 4.72 Å². The monoisotopic (exact) mass is 287 g/mol. The Morgan fingerprint density at radius 3 is 2.79 bits per heavy atom. The minimum Gasteiger partial charge on any atom is -0.454 e. The molecule has 0 unspecified atom stereocenters. The average molecular weight is 287 g/mol. The van der Waals surface area contributed by atoms with E-state index in [1.807, 2.05) is 13.8 Å². The van der Waals surface area contributed by atoms with Gasteiger partial charge < -0.3 is 14.2 Å². The molecule has 0 radical (unpaired) electrons. The van der Waals surface area contributed by atoms with Gasteiger partial charge in [0.25, 0.3) is 0 Å². The van der Waals surface area contributed by atoms with Crippen LogP contribution in [0.2, 0.25) is 0 Å². The summed E-state index contributed by atoms with van der Waals surface area (Å²) in [6, 6.07) is 4.52. The second kappa shape index (κ2) is 5.77. The largest absolute Gasteiger partial charge is 0.454 e. The minimum atomic E-state index is -3.55. The normalized spacial score (nSPS) is 14.1. The van der Waals surface area contributed by atoms with Gasteiger partial charge in [-0.3, -0.25) is 0 Å². The van der Waals surface area contributed by atoms with E-state index in [9.17, 15) is 8.42 Å². The Morgan fingerprint density at radius 1 is 1.32 bits per heavy atom. The van der Waals surface area contributed by atoms with E-state index in [2.05, 4.69) is 4.72 Å². The first-order chi connectivity index (χ1) is 8.99. The van der Waals surface area contributed by atoms with Gasteiger partial charge in [-0.25, -0.2) is 13.1 Å². The minimum absolute atomic E-state index is 0.0787. The first-order valence-electron chi connectivity index (χ1n) is 6.00. The summed E-state index contributed by atoms with van der Waals surface area (Å²) < 4.78 is 42.1. The van der Waals surface area contributed by atoms with Crippen LogP contribution in [0.3, 0.4) is 0 Å². The van der Waals surface area contributed by atoms with Gasteiger partial charge in [0, 0.05) is 12.6 Å². The van der Waals surface area contributed by atoms with Gasteiger partial charge in [0.2, 0.25) is 16.8 Å². The van der Waals surface area contributed by atoms with Gasteiger partial charge in [0.1, 0.15) is 0 Å². The molecule has 6 nitrogen and oxygen atoms in total. The quantitative estimate of drug-likeness (QED) is 0.794. The standard InChI is InChI=1S/C12H17NO5S/c1-9(2)16-6-5-13-19(14,15)10-3-4-11-12(7-10)18-8-17-11/h3-4,7,9,13H,5-6,8H2,1-2H3. The first-order valence-corrected chi connectivity index (χ1v) is 7.48. The Bertz CT molecular complexity index is 541. The van der Waals surface area contributed by atoms with Crippen LogP contribution in [0.15, 0.2) is 23.1 Å². The highest BCUT2D eigenvalue weighted by atomic mass is 32.2. The lowest BCUT2D eigenvalue weighted by atomic mass is 10.3. The zero-order valence-electron chi connectivity index (χ0n) is 10.9. The van der Waals surface area contributed by atoms with Crippen molar-refractivity contribution in [2.75, 3.05) is 19.9 Å². The molecule has 0 atom stereocenters. The van der Waals surface area contributed by atoms with Crippen molar-refractivity contribution in [2.24, 2.45) is 0 Å². The van der Waals surface area contributed by atoms with Crippen LogP contribution in [0.4, 0.5) is 0 Å². The second-order valence-electron chi connectivity index (χ2n) is 4.33. The summed E-state index contributed by atoms with van der Waals surface area (Å²) in [4.78, 5) is 0.154. The zero-order valence-corrected chi connectivity index (χ0v) is 11.7. The van der Waals surface area contributed by atoms with E-state index < -0.39 is 10.0 Å². The number of benzene rings is 1. The third kappa shape index (κ3) is 3.59. The molecule has 2 rings (SSSR count). The second-order valence-corrected chi connectivity index (χ2v) is 6.10. The predicted molar refractivity (Wildman–Crippen MR) is 68.8 cm³/mol. The lowest BCUT2D eigenvalue weighted by Crippen LogP contribution is -2.28. The number of fused-ring (bicyclic) bond motifs is 1. The molecule has 0 aromatic heterocycles. The molecule has 1 heterocycles. The fourth-order valence-electron chi connectivity index (χ4n) is 1.60. The molecule has 19 heavy (non-hydrogen) atoms. The predicted octanol–water partition coefficient (Wildman–Crippen LogP) is 1.12. The molecule has 1 aliphatic heterocycles. The fraction of sp³-hybridized carbons (Fsp3) is 0.500. The summed E-state index contributed by atoms with van der Waals surface area (Å²) in [5.74, 6) is 1.00. The molecule has 106 valence electrons. The van der Waals surface area contributed by atoms with E-state index in [-0.39, 0.29) is 24.3 Å². The number of rotatable bonds is 6. The van der Waals surface area contributed by atoms with E-state index in [1.165, 1.54) is 12.1 Å². The van der Waals surface area contributed by atoms with E-state index in [0.29, 0.717) is 18.1 Å². The molecule has 1 aromatic rings. The van der Waals surface area contributed by atoms with Crippen LogP contribution >= 0.6 is 0 Å². The fourth-order valence-corrected chi connectivity index (χ4v) is 2.63. The van der Waals surface area contributed by atoms with Crippen molar-refractivity contribution < 1.29 is 22.6 Å². The third-order valence-electron chi connectivity index (χ3n) is 2.50. The number of hydrogen-bond donors (Lipinski definition) is 1. The lowest BCUT2D eigenvalue weighted by molar-refractivity contribution is 0.0834. The van der Waals surface area contributed by atoms with Crippen molar-refractivity contribution >= 4 is 10.0 Å². The Hall–Kier alpha value is -1.31. The van der Waals surface area contributed by atoms with Gasteiger partial charge in [0.15, 0.2) is 11.5 Å². The Balaban J connectivity index is 1.99. The van der Waals surface area contributed by atoms with Crippen molar-refractivity contribution in [2.45, 2.75) is 24.8 Å². The molecule has 0 saturated heterocycles. The van der Waals surface area contributed by atoms with Crippen molar-refractivity contribution in [3.63, 3.8) is 0 Å². The number of hydrogen-bond acceptors (Lipinski definition) is 5. The van der Waals surface area contributed by atoms with Gasteiger partial charge in [-0.15, -0.1) is 0 Å². The maximum Gasteiger partial charge on any atom is 0.240 e. The average Bonchev–Trinajstić information content (AvgIpc) is 2.81. The summed E-state index contributed by atoms with van der Waals surface area (Å²) in [5.41, 5.74) is 0. The summed E-state index contributed by atoms with van der Waals surface area (Å²) in [6.07, 6.45) is 0.0787. The molecule has 0 amide bonds. The van der Waals surface area contributed by atoms with Crippen LogP contribution in [0.1, 0.15) is 13.8 Å². The highest BCUT2D eigenvalue weighted by Gasteiger charge is 2.19. The van der Waals surface area contributed by atoms with Crippen molar-refractivity contribution in [1.29, 1.82) is 0 Å². The maximum absolute atomic E-state index is 12.0. The molecule has 0 bridgehead atoms. The van der Waals surface area contributed by atoms with Gasteiger partial charge in [-0.1, -0.05) is 0 Å². The Kier molecular flexibility index (Phi) is 4.28. The van der Waals surface area contributed by atoms with Crippen LogP contribution in [0.5, 0.6) is 11.5 Å². The molecule has 0 spiro atoms. The molecule has 1 N–H and O–H groups in total.